The number of nitrogens with two attached hydrogens (primary N) is 1. The van der Waals surface area contributed by atoms with Gasteiger partial charge in [0, 0.05) is 6.04 Å². The third kappa shape index (κ3) is 4.53. The van der Waals surface area contributed by atoms with E-state index in [1.54, 1.807) is 25.1 Å². The van der Waals surface area contributed by atoms with Gasteiger partial charge >= 0.3 is 0 Å². The third-order valence-electron chi connectivity index (χ3n) is 2.39. The number of anilines is 1. The van der Waals surface area contributed by atoms with Crippen molar-refractivity contribution in [1.29, 1.82) is 0 Å². The van der Waals surface area contributed by atoms with Crippen LogP contribution in [0.15, 0.2) is 29.2 Å². The summed E-state index contributed by atoms with van der Waals surface area (Å²) in [6, 6.07) is 5.66. The van der Waals surface area contributed by atoms with Crippen molar-refractivity contribution in [2.45, 2.75) is 37.8 Å². The summed E-state index contributed by atoms with van der Waals surface area (Å²) in [7, 11) is -3.82. The lowest BCUT2D eigenvalue weighted by molar-refractivity contribution is -0.122. The fourth-order valence-electron chi connectivity index (χ4n) is 1.54. The summed E-state index contributed by atoms with van der Waals surface area (Å²) in [4.78, 5) is 11.7. The SMILES string of the molecule is CC(C)NC(=O)C(C)Nc1ccccc1S(N)(=O)=O. The van der Waals surface area contributed by atoms with Crippen LogP contribution in [0.4, 0.5) is 5.69 Å². The molecule has 0 radical (unpaired) electrons. The zero-order chi connectivity index (χ0) is 14.6. The van der Waals surface area contributed by atoms with E-state index in [0.29, 0.717) is 5.69 Å². The van der Waals surface area contributed by atoms with E-state index < -0.39 is 16.1 Å². The number of hydrogen-bond acceptors (Lipinski definition) is 4. The Hall–Kier alpha value is -1.60. The molecule has 1 unspecified atom stereocenters. The van der Waals surface area contributed by atoms with E-state index in [2.05, 4.69) is 10.6 Å². The minimum Gasteiger partial charge on any atom is -0.373 e. The maximum atomic E-state index is 11.8. The lowest BCUT2D eigenvalue weighted by atomic mass is 10.2. The van der Waals surface area contributed by atoms with Crippen LogP contribution in [0.25, 0.3) is 0 Å². The van der Waals surface area contributed by atoms with E-state index in [4.69, 9.17) is 5.14 Å². The summed E-state index contributed by atoms with van der Waals surface area (Å²) in [6.07, 6.45) is 0. The van der Waals surface area contributed by atoms with E-state index >= 15 is 0 Å². The van der Waals surface area contributed by atoms with Crippen LogP contribution in [0.3, 0.4) is 0 Å². The molecule has 0 saturated heterocycles. The molecule has 1 amide bonds. The molecule has 0 aliphatic carbocycles. The molecular formula is C12H19N3O3S. The Morgan fingerprint density at radius 1 is 1.21 bits per heavy atom. The zero-order valence-corrected chi connectivity index (χ0v) is 12.0. The third-order valence-corrected chi connectivity index (χ3v) is 3.36. The number of carbonyl (C=O) groups excluding carboxylic acids is 1. The van der Waals surface area contributed by atoms with Gasteiger partial charge in [-0.3, -0.25) is 4.79 Å². The second-order valence-corrected chi connectivity index (χ2v) is 6.10. The molecule has 0 aliphatic heterocycles. The molecule has 7 heteroatoms. The number of sulfonamides is 1. The number of primary sulfonamides is 1. The lowest BCUT2D eigenvalue weighted by Gasteiger charge is -2.18. The highest BCUT2D eigenvalue weighted by atomic mass is 32.2. The van der Waals surface area contributed by atoms with Crippen molar-refractivity contribution in [2.24, 2.45) is 5.14 Å². The van der Waals surface area contributed by atoms with Crippen LogP contribution in [0.5, 0.6) is 0 Å². The van der Waals surface area contributed by atoms with E-state index in [-0.39, 0.29) is 16.8 Å². The van der Waals surface area contributed by atoms with Gasteiger partial charge in [0.05, 0.1) is 5.69 Å². The van der Waals surface area contributed by atoms with Gasteiger partial charge in [0.2, 0.25) is 15.9 Å². The molecule has 0 aliphatic rings. The predicted molar refractivity (Wildman–Crippen MR) is 74.2 cm³/mol. The second kappa shape index (κ2) is 6.03. The van der Waals surface area contributed by atoms with Crippen LogP contribution >= 0.6 is 0 Å². The van der Waals surface area contributed by atoms with Crippen LogP contribution in [0.1, 0.15) is 20.8 Å². The first-order valence-electron chi connectivity index (χ1n) is 5.90. The van der Waals surface area contributed by atoms with Gasteiger partial charge in [-0.2, -0.15) is 0 Å². The Balaban J connectivity index is 2.92. The van der Waals surface area contributed by atoms with Crippen LogP contribution in [0, 0.1) is 0 Å². The fourth-order valence-corrected chi connectivity index (χ4v) is 2.24. The van der Waals surface area contributed by atoms with Crippen LogP contribution in [0.2, 0.25) is 0 Å². The molecule has 0 heterocycles. The Morgan fingerprint density at radius 2 is 1.79 bits per heavy atom. The van der Waals surface area contributed by atoms with Crippen molar-refractivity contribution in [3.63, 3.8) is 0 Å². The van der Waals surface area contributed by atoms with Crippen molar-refractivity contribution in [1.82, 2.24) is 5.32 Å². The summed E-state index contributed by atoms with van der Waals surface area (Å²) in [5.74, 6) is -0.209. The van der Waals surface area contributed by atoms with Crippen LogP contribution < -0.4 is 15.8 Å². The monoisotopic (exact) mass is 285 g/mol. The van der Waals surface area contributed by atoms with Gasteiger partial charge in [-0.25, -0.2) is 13.6 Å². The fraction of sp³-hybridized carbons (Fsp3) is 0.417. The Bertz CT molecular complexity index is 555. The summed E-state index contributed by atoms with van der Waals surface area (Å²) < 4.78 is 22.8. The van der Waals surface area contributed by atoms with Crippen LogP contribution in [-0.4, -0.2) is 26.4 Å². The standard InChI is InChI=1S/C12H19N3O3S/c1-8(2)14-12(16)9(3)15-10-6-4-5-7-11(10)19(13,17)18/h4-9,15H,1-3H3,(H,14,16)(H2,13,17,18). The molecule has 1 aromatic rings. The lowest BCUT2D eigenvalue weighted by Crippen LogP contribution is -2.41. The average Bonchev–Trinajstić information content (AvgIpc) is 2.27. The quantitative estimate of drug-likeness (QED) is 0.739. The molecule has 1 rings (SSSR count). The molecule has 1 atom stereocenters. The van der Waals surface area contributed by atoms with Crippen molar-refractivity contribution in [2.75, 3.05) is 5.32 Å². The highest BCUT2D eigenvalue weighted by Crippen LogP contribution is 2.20. The normalized spacial score (nSPS) is 13.1. The van der Waals surface area contributed by atoms with Gasteiger partial charge in [-0.1, -0.05) is 12.1 Å². The van der Waals surface area contributed by atoms with Crippen molar-refractivity contribution in [3.8, 4) is 0 Å². The Morgan fingerprint density at radius 3 is 2.32 bits per heavy atom. The highest BCUT2D eigenvalue weighted by Gasteiger charge is 2.18. The minimum atomic E-state index is -3.82. The van der Waals surface area contributed by atoms with Gasteiger partial charge in [-0.15, -0.1) is 0 Å². The summed E-state index contributed by atoms with van der Waals surface area (Å²) >= 11 is 0. The zero-order valence-electron chi connectivity index (χ0n) is 11.2. The topological polar surface area (TPSA) is 101 Å². The van der Waals surface area contributed by atoms with E-state index in [9.17, 15) is 13.2 Å². The number of benzene rings is 1. The van der Waals surface area contributed by atoms with Crippen molar-refractivity contribution < 1.29 is 13.2 Å². The molecule has 6 nitrogen and oxygen atoms in total. The van der Waals surface area contributed by atoms with Crippen molar-refractivity contribution in [3.05, 3.63) is 24.3 Å². The first-order chi connectivity index (χ1) is 8.71. The van der Waals surface area contributed by atoms with Crippen molar-refractivity contribution >= 4 is 21.6 Å². The second-order valence-electron chi connectivity index (χ2n) is 4.57. The number of carbonyl (C=O) groups is 1. The summed E-state index contributed by atoms with van der Waals surface area (Å²) in [5.41, 5.74) is 0.316. The number of nitrogens with one attached hydrogen (secondary N) is 2. The Kier molecular flexibility index (Phi) is 4.90. The van der Waals surface area contributed by atoms with Gasteiger partial charge in [0.15, 0.2) is 0 Å². The van der Waals surface area contributed by atoms with Gasteiger partial charge in [0.25, 0.3) is 0 Å². The first-order valence-corrected chi connectivity index (χ1v) is 7.45. The molecule has 19 heavy (non-hydrogen) atoms. The van der Waals surface area contributed by atoms with Gasteiger partial charge in [0.1, 0.15) is 10.9 Å². The molecule has 4 N–H and O–H groups in total. The Labute approximate surface area is 113 Å². The molecule has 1 aromatic carbocycles. The number of rotatable bonds is 5. The van der Waals surface area contributed by atoms with E-state index in [1.807, 2.05) is 13.8 Å². The molecule has 0 bridgehead atoms. The average molecular weight is 285 g/mol. The number of hydrogen-bond donors (Lipinski definition) is 3. The van der Waals surface area contributed by atoms with Crippen LogP contribution in [-0.2, 0) is 14.8 Å². The summed E-state index contributed by atoms with van der Waals surface area (Å²) in [6.45, 7) is 5.35. The van der Waals surface area contributed by atoms with E-state index in [0.717, 1.165) is 0 Å². The molecular weight excluding hydrogens is 266 g/mol. The number of amides is 1. The van der Waals surface area contributed by atoms with Gasteiger partial charge < -0.3 is 10.6 Å². The minimum absolute atomic E-state index is 0.0187. The molecule has 0 saturated carbocycles. The van der Waals surface area contributed by atoms with Gasteiger partial charge in [-0.05, 0) is 32.9 Å². The first kappa shape index (κ1) is 15.5. The highest BCUT2D eigenvalue weighted by molar-refractivity contribution is 7.89. The van der Waals surface area contributed by atoms with E-state index in [1.165, 1.54) is 6.07 Å². The predicted octanol–water partition coefficient (Wildman–Crippen LogP) is 0.659. The summed E-state index contributed by atoms with van der Waals surface area (Å²) in [5, 5.41) is 10.7. The largest absolute Gasteiger partial charge is 0.373 e. The number of para-hydroxylation sites is 1. The molecule has 106 valence electrons. The maximum Gasteiger partial charge on any atom is 0.242 e. The molecule has 0 aromatic heterocycles. The maximum absolute atomic E-state index is 11.8. The molecule has 0 fully saturated rings. The smallest absolute Gasteiger partial charge is 0.242 e. The molecule has 0 spiro atoms.